The zero-order valence-corrected chi connectivity index (χ0v) is 21.4. The van der Waals surface area contributed by atoms with E-state index in [4.69, 9.17) is 19.6 Å². The summed E-state index contributed by atoms with van der Waals surface area (Å²) in [6.07, 6.45) is 2.91. The summed E-state index contributed by atoms with van der Waals surface area (Å²) in [5.74, 6) is 1.28. The molecule has 7 heteroatoms. The first-order valence-corrected chi connectivity index (χ1v) is 11.9. The predicted octanol–water partition coefficient (Wildman–Crippen LogP) is 4.80. The predicted molar refractivity (Wildman–Crippen MR) is 130 cm³/mol. The van der Waals surface area contributed by atoms with Gasteiger partial charge in [0, 0.05) is 24.8 Å². The molecule has 3 N–H and O–H groups in total. The van der Waals surface area contributed by atoms with Crippen LogP contribution >= 0.6 is 0 Å². The van der Waals surface area contributed by atoms with Crippen LogP contribution in [0.15, 0.2) is 18.2 Å². The molecular formula is C26H41N3O4. The largest absolute Gasteiger partial charge is 0.487 e. The fourth-order valence-corrected chi connectivity index (χ4v) is 4.47. The lowest BCUT2D eigenvalue weighted by atomic mass is 9.72. The third-order valence-electron chi connectivity index (χ3n) is 7.03. The maximum atomic E-state index is 11.9. The fraction of sp³-hybridized carbons (Fsp3) is 0.692. The van der Waals surface area contributed by atoms with Crippen molar-refractivity contribution in [3.05, 3.63) is 29.3 Å². The van der Waals surface area contributed by atoms with Gasteiger partial charge in [0.15, 0.2) is 0 Å². The van der Waals surface area contributed by atoms with Crippen LogP contribution in [-0.2, 0) is 15.9 Å². The Bertz CT molecular complexity index is 881. The smallest absolute Gasteiger partial charge is 0.407 e. The van der Waals surface area contributed by atoms with Gasteiger partial charge >= 0.3 is 6.09 Å². The standard InChI is InChI=1S/C26H41N3O4/c1-24(2,3)26(7,31-8)21-12-10-16-13-17(9-11-20(16)32-21)22(27)28-18-14-19(15-18)29-23(30)33-25(4,5)6/h9,11,13,18-19,21H,10,12,14-15H2,1-8H3,(H2,27,28)(H,29,30)/t18-,19+,21-,26+/m1/s1. The Labute approximate surface area is 198 Å². The molecule has 184 valence electrons. The number of hydrogen-bond acceptors (Lipinski definition) is 5. The molecule has 1 fully saturated rings. The van der Waals surface area contributed by atoms with Gasteiger partial charge in [-0.15, -0.1) is 0 Å². The molecule has 0 saturated heterocycles. The van der Waals surface area contributed by atoms with Crippen LogP contribution in [0.3, 0.4) is 0 Å². The van der Waals surface area contributed by atoms with Crippen molar-refractivity contribution in [1.29, 1.82) is 5.41 Å². The minimum absolute atomic E-state index is 0.0252. The molecule has 0 aromatic heterocycles. The number of aryl methyl sites for hydroxylation is 1. The molecule has 0 radical (unpaired) electrons. The molecule has 2 atom stereocenters. The number of amidine groups is 1. The van der Waals surface area contributed by atoms with Gasteiger partial charge in [0.1, 0.15) is 28.9 Å². The van der Waals surface area contributed by atoms with E-state index in [0.717, 1.165) is 42.6 Å². The highest BCUT2D eigenvalue weighted by Crippen LogP contribution is 2.42. The molecule has 7 nitrogen and oxygen atoms in total. The molecule has 0 bridgehead atoms. The van der Waals surface area contributed by atoms with Gasteiger partial charge in [-0.3, -0.25) is 5.41 Å². The molecule has 2 aliphatic rings. The Morgan fingerprint density at radius 1 is 1.06 bits per heavy atom. The lowest BCUT2D eigenvalue weighted by molar-refractivity contribution is -0.147. The van der Waals surface area contributed by atoms with Gasteiger partial charge < -0.3 is 24.8 Å². The van der Waals surface area contributed by atoms with E-state index in [1.165, 1.54) is 0 Å². The first-order chi connectivity index (χ1) is 15.2. The second-order valence-electron chi connectivity index (χ2n) is 11.6. The summed E-state index contributed by atoms with van der Waals surface area (Å²) in [7, 11) is 1.76. The fourth-order valence-electron chi connectivity index (χ4n) is 4.47. The Balaban J connectivity index is 1.54. The monoisotopic (exact) mass is 459 g/mol. The Hall–Kier alpha value is -2.28. The van der Waals surface area contributed by atoms with Crippen LogP contribution in [0, 0.1) is 10.8 Å². The van der Waals surface area contributed by atoms with Crippen LogP contribution in [-0.4, -0.2) is 48.4 Å². The van der Waals surface area contributed by atoms with E-state index in [0.29, 0.717) is 5.84 Å². The zero-order valence-electron chi connectivity index (χ0n) is 21.4. The van der Waals surface area contributed by atoms with Crippen molar-refractivity contribution in [2.24, 2.45) is 5.41 Å². The SMILES string of the molecule is CO[C@@](C)([C@H]1CCc2cc(C(=N)N[C@H]3C[C@@H](NC(=O)OC(C)(C)C)C3)ccc2O1)C(C)(C)C. The maximum Gasteiger partial charge on any atom is 0.407 e. The number of amides is 1. The van der Waals surface area contributed by atoms with Crippen molar-refractivity contribution in [1.82, 2.24) is 10.6 Å². The van der Waals surface area contributed by atoms with Crippen LogP contribution in [0.4, 0.5) is 4.79 Å². The van der Waals surface area contributed by atoms with Crippen molar-refractivity contribution >= 4 is 11.9 Å². The molecule has 33 heavy (non-hydrogen) atoms. The van der Waals surface area contributed by atoms with Crippen molar-refractivity contribution in [2.45, 2.75) is 104 Å². The van der Waals surface area contributed by atoms with Crippen molar-refractivity contribution in [2.75, 3.05) is 7.11 Å². The Kier molecular flexibility index (Phi) is 7.04. The minimum Gasteiger partial charge on any atom is -0.487 e. The molecule has 1 aromatic carbocycles. The minimum atomic E-state index is -0.501. The first kappa shape index (κ1) is 25.3. The molecule has 1 aliphatic heterocycles. The summed E-state index contributed by atoms with van der Waals surface area (Å²) < 4.78 is 17.6. The summed E-state index contributed by atoms with van der Waals surface area (Å²) in [4.78, 5) is 11.9. The lowest BCUT2D eigenvalue weighted by Gasteiger charge is -2.47. The van der Waals surface area contributed by atoms with Gasteiger partial charge in [0.25, 0.3) is 0 Å². The number of alkyl carbamates (subject to hydrolysis) is 1. The van der Waals surface area contributed by atoms with E-state index in [9.17, 15) is 4.79 Å². The average Bonchev–Trinajstić information content (AvgIpc) is 2.68. The molecule has 0 unspecified atom stereocenters. The normalized spacial score (nSPS) is 24.4. The van der Waals surface area contributed by atoms with E-state index in [1.807, 2.05) is 32.9 Å². The van der Waals surface area contributed by atoms with Crippen LogP contribution < -0.4 is 15.4 Å². The van der Waals surface area contributed by atoms with Crippen LogP contribution in [0.1, 0.15) is 78.9 Å². The highest BCUT2D eigenvalue weighted by molar-refractivity contribution is 5.97. The number of nitrogens with one attached hydrogen (secondary N) is 3. The summed E-state index contributed by atoms with van der Waals surface area (Å²) in [5, 5.41) is 14.7. The van der Waals surface area contributed by atoms with Crippen LogP contribution in [0.2, 0.25) is 0 Å². The highest BCUT2D eigenvalue weighted by atomic mass is 16.6. The van der Waals surface area contributed by atoms with E-state index in [2.05, 4.69) is 44.4 Å². The summed E-state index contributed by atoms with van der Waals surface area (Å²) >= 11 is 0. The topological polar surface area (TPSA) is 92.7 Å². The summed E-state index contributed by atoms with van der Waals surface area (Å²) in [6.45, 7) is 14.2. The van der Waals surface area contributed by atoms with E-state index in [-0.39, 0.29) is 29.7 Å². The number of carbonyl (C=O) groups is 1. The highest BCUT2D eigenvalue weighted by Gasteiger charge is 2.47. The Morgan fingerprint density at radius 3 is 2.27 bits per heavy atom. The summed E-state index contributed by atoms with van der Waals surface area (Å²) in [6, 6.07) is 6.21. The number of fused-ring (bicyclic) bond motifs is 1. The van der Waals surface area contributed by atoms with Crippen molar-refractivity contribution < 1.29 is 19.0 Å². The molecule has 1 aromatic rings. The van der Waals surface area contributed by atoms with Gasteiger partial charge in [0.05, 0.1) is 0 Å². The Morgan fingerprint density at radius 2 is 1.70 bits per heavy atom. The van der Waals surface area contributed by atoms with E-state index in [1.54, 1.807) is 7.11 Å². The molecule has 0 spiro atoms. The number of carbonyl (C=O) groups excluding carboxylic acids is 1. The molecule has 1 heterocycles. The van der Waals surface area contributed by atoms with Crippen molar-refractivity contribution in [3.63, 3.8) is 0 Å². The molecule has 3 rings (SSSR count). The molecule has 1 amide bonds. The first-order valence-electron chi connectivity index (χ1n) is 11.9. The second kappa shape index (κ2) is 9.16. The third-order valence-corrected chi connectivity index (χ3v) is 7.03. The summed E-state index contributed by atoms with van der Waals surface area (Å²) in [5.41, 5.74) is 1.02. The lowest BCUT2D eigenvalue weighted by Crippen LogP contribution is -2.55. The van der Waals surface area contributed by atoms with Crippen LogP contribution in [0.5, 0.6) is 5.75 Å². The van der Waals surface area contributed by atoms with Gasteiger partial charge in [-0.1, -0.05) is 20.8 Å². The average molecular weight is 460 g/mol. The molecule has 1 aliphatic carbocycles. The van der Waals surface area contributed by atoms with Crippen molar-refractivity contribution in [3.8, 4) is 5.75 Å². The van der Waals surface area contributed by atoms with E-state index >= 15 is 0 Å². The van der Waals surface area contributed by atoms with Gasteiger partial charge in [-0.2, -0.15) is 0 Å². The molecular weight excluding hydrogens is 418 g/mol. The maximum absolute atomic E-state index is 11.9. The number of benzene rings is 1. The third kappa shape index (κ3) is 5.81. The van der Waals surface area contributed by atoms with Gasteiger partial charge in [-0.25, -0.2) is 4.79 Å². The zero-order chi connectivity index (χ0) is 24.6. The van der Waals surface area contributed by atoms with Gasteiger partial charge in [-0.05, 0) is 82.6 Å². The van der Waals surface area contributed by atoms with Crippen LogP contribution in [0.25, 0.3) is 0 Å². The number of rotatable bonds is 5. The quantitative estimate of drug-likeness (QED) is 0.434. The number of hydrogen-bond donors (Lipinski definition) is 3. The molecule has 1 saturated carbocycles. The second-order valence-corrected chi connectivity index (χ2v) is 11.6. The van der Waals surface area contributed by atoms with E-state index < -0.39 is 11.2 Å². The van der Waals surface area contributed by atoms with Gasteiger partial charge in [0.2, 0.25) is 0 Å². The number of methoxy groups -OCH3 is 1. The number of ether oxygens (including phenoxy) is 3.